The average molecular weight is 515 g/mol. The smallest absolute Gasteiger partial charge is 0.246 e. The van der Waals surface area contributed by atoms with Crippen LogP contribution in [-0.2, 0) is 16.0 Å². The van der Waals surface area contributed by atoms with Gasteiger partial charge in [0.25, 0.3) is 0 Å². The van der Waals surface area contributed by atoms with Crippen molar-refractivity contribution >= 4 is 29.4 Å². The van der Waals surface area contributed by atoms with Gasteiger partial charge in [-0.25, -0.2) is 4.98 Å². The summed E-state index contributed by atoms with van der Waals surface area (Å²) in [6.45, 7) is -0.0302. The molecule has 1 N–H and O–H groups in total. The number of hydrogen-bond donors (Lipinski definition) is 1. The molecule has 3 aromatic carbocycles. The first-order valence-corrected chi connectivity index (χ1v) is 12.5. The third-order valence-corrected chi connectivity index (χ3v) is 6.50. The zero-order valence-corrected chi connectivity index (χ0v) is 21.2. The Morgan fingerprint density at radius 2 is 1.81 bits per heavy atom. The number of methoxy groups -OCH3 is 1. The van der Waals surface area contributed by atoms with Gasteiger partial charge in [-0.3, -0.25) is 19.5 Å². The number of anilines is 1. The molecule has 5 rings (SSSR count). The van der Waals surface area contributed by atoms with E-state index in [0.29, 0.717) is 22.4 Å². The van der Waals surface area contributed by atoms with Crippen LogP contribution < -0.4 is 10.1 Å². The molecule has 8 heteroatoms. The molecule has 1 heterocycles. The van der Waals surface area contributed by atoms with Crippen LogP contribution >= 0.6 is 11.6 Å². The lowest BCUT2D eigenvalue weighted by atomic mass is 10.1. The number of ether oxygens (including phenoxy) is 1. The summed E-state index contributed by atoms with van der Waals surface area (Å²) >= 11 is 6.06. The van der Waals surface area contributed by atoms with Gasteiger partial charge in [0.15, 0.2) is 0 Å². The van der Waals surface area contributed by atoms with Gasteiger partial charge in [-0.2, -0.15) is 0 Å². The van der Waals surface area contributed by atoms with Gasteiger partial charge in [-0.15, -0.1) is 0 Å². The van der Waals surface area contributed by atoms with Crippen molar-refractivity contribution in [2.45, 2.75) is 25.3 Å². The Labute approximate surface area is 220 Å². The van der Waals surface area contributed by atoms with Crippen LogP contribution in [0.2, 0.25) is 5.02 Å². The highest BCUT2D eigenvalue weighted by Gasteiger charge is 2.34. The molecular weight excluding hydrogens is 488 g/mol. The van der Waals surface area contributed by atoms with Crippen molar-refractivity contribution in [3.05, 3.63) is 95.6 Å². The fourth-order valence-electron chi connectivity index (χ4n) is 4.18. The lowest BCUT2D eigenvalue weighted by Gasteiger charge is -2.22. The molecule has 1 fully saturated rings. The van der Waals surface area contributed by atoms with Gasteiger partial charge in [0.1, 0.15) is 12.3 Å². The van der Waals surface area contributed by atoms with Crippen LogP contribution in [0.3, 0.4) is 0 Å². The molecule has 2 amide bonds. The first-order valence-electron chi connectivity index (χ1n) is 12.1. The first-order chi connectivity index (χ1) is 18.0. The second-order valence-corrected chi connectivity index (χ2v) is 9.43. The number of halogens is 1. The van der Waals surface area contributed by atoms with Crippen molar-refractivity contribution in [1.82, 2.24) is 14.5 Å². The summed E-state index contributed by atoms with van der Waals surface area (Å²) < 4.78 is 7.19. The van der Waals surface area contributed by atoms with Crippen LogP contribution in [0.1, 0.15) is 18.4 Å². The Morgan fingerprint density at radius 3 is 2.51 bits per heavy atom. The lowest BCUT2D eigenvalue weighted by Crippen LogP contribution is -2.40. The fourth-order valence-corrected chi connectivity index (χ4v) is 4.31. The monoisotopic (exact) mass is 514 g/mol. The Balaban J connectivity index is 1.39. The van der Waals surface area contributed by atoms with Crippen molar-refractivity contribution in [1.29, 1.82) is 0 Å². The van der Waals surface area contributed by atoms with E-state index in [-0.39, 0.29) is 30.8 Å². The van der Waals surface area contributed by atoms with E-state index in [0.717, 1.165) is 29.7 Å². The number of carbonyl (C=O) groups is 2. The van der Waals surface area contributed by atoms with Gasteiger partial charge in [-0.05, 0) is 42.7 Å². The van der Waals surface area contributed by atoms with Crippen LogP contribution in [0.25, 0.3) is 16.9 Å². The molecule has 1 aromatic heterocycles. The maximum atomic E-state index is 13.2. The summed E-state index contributed by atoms with van der Waals surface area (Å²) in [7, 11) is 1.60. The predicted octanol–water partition coefficient (Wildman–Crippen LogP) is 5.37. The number of nitrogens with one attached hydrogen (secondary N) is 1. The second-order valence-electron chi connectivity index (χ2n) is 8.99. The topological polar surface area (TPSA) is 76.5 Å². The zero-order chi connectivity index (χ0) is 25.8. The van der Waals surface area contributed by atoms with Gasteiger partial charge < -0.3 is 9.64 Å². The number of imidazole rings is 1. The molecule has 37 heavy (non-hydrogen) atoms. The summed E-state index contributed by atoms with van der Waals surface area (Å²) in [5, 5.41) is 3.56. The third-order valence-electron chi connectivity index (χ3n) is 6.25. The maximum absolute atomic E-state index is 13.2. The van der Waals surface area contributed by atoms with Crippen molar-refractivity contribution in [2.75, 3.05) is 19.0 Å². The summed E-state index contributed by atoms with van der Waals surface area (Å²) in [5.74, 6) is 0.685. The van der Waals surface area contributed by atoms with Crippen LogP contribution in [0.5, 0.6) is 5.75 Å². The zero-order valence-electron chi connectivity index (χ0n) is 20.4. The second kappa shape index (κ2) is 10.9. The van der Waals surface area contributed by atoms with Crippen molar-refractivity contribution < 1.29 is 14.3 Å². The normalized spacial score (nSPS) is 12.7. The van der Waals surface area contributed by atoms with Crippen LogP contribution in [-0.4, -0.2) is 46.0 Å². The van der Waals surface area contributed by atoms with E-state index in [9.17, 15) is 9.59 Å². The molecule has 1 saturated carbocycles. The minimum absolute atomic E-state index is 0.0302. The summed E-state index contributed by atoms with van der Waals surface area (Å²) in [4.78, 5) is 32.7. The predicted molar refractivity (Wildman–Crippen MR) is 144 cm³/mol. The minimum Gasteiger partial charge on any atom is -0.497 e. The number of amides is 2. The van der Waals surface area contributed by atoms with Gasteiger partial charge >= 0.3 is 0 Å². The molecule has 0 aliphatic heterocycles. The molecule has 0 unspecified atom stereocenters. The molecule has 0 radical (unpaired) electrons. The van der Waals surface area contributed by atoms with E-state index < -0.39 is 0 Å². The summed E-state index contributed by atoms with van der Waals surface area (Å²) in [6, 6.07) is 24.5. The molecule has 4 aromatic rings. The highest BCUT2D eigenvalue weighted by molar-refractivity contribution is 6.30. The quantitative estimate of drug-likeness (QED) is 0.325. The van der Waals surface area contributed by atoms with Gasteiger partial charge in [0, 0.05) is 28.9 Å². The van der Waals surface area contributed by atoms with Crippen molar-refractivity contribution in [2.24, 2.45) is 0 Å². The number of hydrogen-bond acceptors (Lipinski definition) is 4. The highest BCUT2D eigenvalue weighted by atomic mass is 35.5. The highest BCUT2D eigenvalue weighted by Crippen LogP contribution is 2.29. The van der Waals surface area contributed by atoms with Crippen molar-refractivity contribution in [3.63, 3.8) is 0 Å². The molecule has 1 aliphatic rings. The van der Waals surface area contributed by atoms with Crippen LogP contribution in [0, 0.1) is 0 Å². The number of benzene rings is 3. The first kappa shape index (κ1) is 24.6. The largest absolute Gasteiger partial charge is 0.497 e. The SMILES string of the molecule is COc1cccc(-n2cc(-c3ccc(Cl)cc3)nc2NC(=O)CN(C(=O)Cc2ccccc2)C2CC2)c1. The summed E-state index contributed by atoms with van der Waals surface area (Å²) in [6.07, 6.45) is 3.94. The van der Waals surface area contributed by atoms with E-state index >= 15 is 0 Å². The molecule has 7 nitrogen and oxygen atoms in total. The molecule has 0 saturated heterocycles. The maximum Gasteiger partial charge on any atom is 0.246 e. The Bertz CT molecular complexity index is 1400. The van der Waals surface area contributed by atoms with E-state index in [1.54, 1.807) is 28.7 Å². The van der Waals surface area contributed by atoms with E-state index in [1.165, 1.54) is 0 Å². The van der Waals surface area contributed by atoms with E-state index in [1.807, 2.05) is 72.9 Å². The molecule has 0 spiro atoms. The van der Waals surface area contributed by atoms with Gasteiger partial charge in [0.2, 0.25) is 17.8 Å². The molecule has 0 bridgehead atoms. The Hall–Kier alpha value is -4.10. The Kier molecular flexibility index (Phi) is 7.23. The van der Waals surface area contributed by atoms with E-state index in [2.05, 4.69) is 5.32 Å². The number of aromatic nitrogens is 2. The fraction of sp³-hybridized carbons (Fsp3) is 0.207. The average Bonchev–Trinajstić information content (AvgIpc) is 3.67. The standard InChI is InChI=1S/C29H27ClN4O3/c1-37-25-9-5-8-24(17-25)34-18-26(21-10-12-22(30)13-11-21)31-29(34)32-27(35)19-33(23-14-15-23)28(36)16-20-6-3-2-4-7-20/h2-13,17-18,23H,14-16,19H2,1H3,(H,31,32,35). The minimum atomic E-state index is -0.300. The molecular formula is C29H27ClN4O3. The van der Waals surface area contributed by atoms with Crippen LogP contribution in [0.15, 0.2) is 85.1 Å². The van der Waals surface area contributed by atoms with Crippen LogP contribution in [0.4, 0.5) is 5.95 Å². The number of rotatable bonds is 9. The number of carbonyl (C=O) groups excluding carboxylic acids is 2. The van der Waals surface area contributed by atoms with Gasteiger partial charge in [-0.1, -0.05) is 60.1 Å². The van der Waals surface area contributed by atoms with E-state index in [4.69, 9.17) is 21.3 Å². The number of nitrogens with zero attached hydrogens (tertiary/aromatic N) is 3. The molecule has 188 valence electrons. The van der Waals surface area contributed by atoms with Gasteiger partial charge in [0.05, 0.1) is 24.9 Å². The Morgan fingerprint density at radius 1 is 1.05 bits per heavy atom. The third kappa shape index (κ3) is 6.01. The molecule has 0 atom stereocenters. The summed E-state index contributed by atoms with van der Waals surface area (Å²) in [5.41, 5.74) is 3.24. The lowest BCUT2D eigenvalue weighted by molar-refractivity contribution is -0.134. The molecule has 1 aliphatic carbocycles. The van der Waals surface area contributed by atoms with Crippen molar-refractivity contribution in [3.8, 4) is 22.7 Å².